The van der Waals surface area contributed by atoms with Crippen molar-refractivity contribution in [1.29, 1.82) is 0 Å². The summed E-state index contributed by atoms with van der Waals surface area (Å²) in [6, 6.07) is 11.8. The highest BCUT2D eigenvalue weighted by Gasteiger charge is 2.15. The number of anilines is 3. The minimum Gasteiger partial charge on any atom is -0.376 e. The van der Waals surface area contributed by atoms with Gasteiger partial charge in [0.2, 0.25) is 5.95 Å². The van der Waals surface area contributed by atoms with Crippen molar-refractivity contribution in [3.8, 4) is 0 Å². The first-order valence-electron chi connectivity index (χ1n) is 6.91. The molecular weight excluding hydrogens is 252 g/mol. The van der Waals surface area contributed by atoms with Gasteiger partial charge >= 0.3 is 0 Å². The lowest BCUT2D eigenvalue weighted by Gasteiger charge is -2.12. The van der Waals surface area contributed by atoms with Gasteiger partial charge in [-0.2, -0.15) is 4.98 Å². The molecule has 20 heavy (non-hydrogen) atoms. The maximum absolute atomic E-state index is 5.58. The van der Waals surface area contributed by atoms with Gasteiger partial charge in [-0.05, 0) is 31.0 Å². The van der Waals surface area contributed by atoms with Gasteiger partial charge < -0.3 is 15.4 Å². The van der Waals surface area contributed by atoms with Crippen LogP contribution < -0.4 is 10.6 Å². The van der Waals surface area contributed by atoms with Crippen molar-refractivity contribution >= 4 is 17.5 Å². The van der Waals surface area contributed by atoms with Crippen LogP contribution in [0, 0.1) is 0 Å². The molecule has 5 heteroatoms. The van der Waals surface area contributed by atoms with Gasteiger partial charge in [0, 0.05) is 25.0 Å². The Morgan fingerprint density at radius 1 is 1.20 bits per heavy atom. The lowest BCUT2D eigenvalue weighted by molar-refractivity contribution is 0.120. The van der Waals surface area contributed by atoms with E-state index in [0.717, 1.165) is 37.5 Å². The van der Waals surface area contributed by atoms with Crippen molar-refractivity contribution in [3.05, 3.63) is 42.6 Å². The van der Waals surface area contributed by atoms with E-state index in [1.54, 1.807) is 6.20 Å². The Hall–Kier alpha value is -2.14. The second-order valence-corrected chi connectivity index (χ2v) is 4.77. The number of hydrogen-bond donors (Lipinski definition) is 2. The van der Waals surface area contributed by atoms with Gasteiger partial charge in [0.25, 0.3) is 0 Å². The molecule has 1 atom stereocenters. The molecule has 0 bridgehead atoms. The topological polar surface area (TPSA) is 59.1 Å². The number of ether oxygens (including phenoxy) is 1. The van der Waals surface area contributed by atoms with Crippen LogP contribution in [0.4, 0.5) is 17.5 Å². The molecule has 1 unspecified atom stereocenters. The van der Waals surface area contributed by atoms with Crippen LogP contribution in [-0.4, -0.2) is 29.2 Å². The molecule has 1 aliphatic rings. The molecule has 1 aliphatic heterocycles. The lowest BCUT2D eigenvalue weighted by atomic mass is 10.2. The monoisotopic (exact) mass is 270 g/mol. The van der Waals surface area contributed by atoms with Crippen LogP contribution in [0.15, 0.2) is 42.6 Å². The molecule has 2 heterocycles. The van der Waals surface area contributed by atoms with Crippen molar-refractivity contribution in [1.82, 2.24) is 9.97 Å². The molecular formula is C15H18N4O. The van der Waals surface area contributed by atoms with Crippen LogP contribution in [0.3, 0.4) is 0 Å². The van der Waals surface area contributed by atoms with Gasteiger partial charge in [-0.3, -0.25) is 0 Å². The molecule has 0 aliphatic carbocycles. The van der Waals surface area contributed by atoms with Gasteiger partial charge in [0.15, 0.2) is 0 Å². The predicted molar refractivity (Wildman–Crippen MR) is 79.2 cm³/mol. The van der Waals surface area contributed by atoms with Crippen LogP contribution in [-0.2, 0) is 4.74 Å². The van der Waals surface area contributed by atoms with Crippen molar-refractivity contribution in [3.63, 3.8) is 0 Å². The average molecular weight is 270 g/mol. The zero-order valence-electron chi connectivity index (χ0n) is 11.2. The Labute approximate surface area is 118 Å². The molecule has 0 spiro atoms. The smallest absolute Gasteiger partial charge is 0.229 e. The fourth-order valence-electron chi connectivity index (χ4n) is 2.19. The van der Waals surface area contributed by atoms with E-state index in [2.05, 4.69) is 20.6 Å². The second kappa shape index (κ2) is 6.34. The summed E-state index contributed by atoms with van der Waals surface area (Å²) in [5.41, 5.74) is 0.976. The number of aromatic nitrogens is 2. The molecule has 0 radical (unpaired) electrons. The number of benzene rings is 1. The van der Waals surface area contributed by atoms with Crippen LogP contribution in [0.5, 0.6) is 0 Å². The van der Waals surface area contributed by atoms with Gasteiger partial charge in [-0.15, -0.1) is 0 Å². The Morgan fingerprint density at radius 2 is 2.10 bits per heavy atom. The largest absolute Gasteiger partial charge is 0.376 e. The SMILES string of the molecule is c1ccc(Nc2nccc(NCC3CCCO3)n2)cc1. The highest BCUT2D eigenvalue weighted by atomic mass is 16.5. The van der Waals surface area contributed by atoms with E-state index in [4.69, 9.17) is 4.74 Å². The Bertz CT molecular complexity index is 541. The normalized spacial score (nSPS) is 17.9. The molecule has 1 fully saturated rings. The Kier molecular flexibility index (Phi) is 4.08. The Morgan fingerprint density at radius 3 is 2.90 bits per heavy atom. The summed E-state index contributed by atoms with van der Waals surface area (Å²) in [6.45, 7) is 1.67. The summed E-state index contributed by atoms with van der Waals surface area (Å²) in [6.07, 6.45) is 4.32. The second-order valence-electron chi connectivity index (χ2n) is 4.77. The maximum atomic E-state index is 5.58. The summed E-state index contributed by atoms with van der Waals surface area (Å²) >= 11 is 0. The standard InChI is InChI=1S/C15H18N4O/c1-2-5-12(6-3-1)18-15-16-9-8-14(19-15)17-11-13-7-4-10-20-13/h1-3,5-6,8-9,13H,4,7,10-11H2,(H2,16,17,18,19). The first-order chi connectivity index (χ1) is 9.90. The lowest BCUT2D eigenvalue weighted by Crippen LogP contribution is -2.19. The van der Waals surface area contributed by atoms with Crippen LogP contribution in [0.1, 0.15) is 12.8 Å². The average Bonchev–Trinajstić information content (AvgIpc) is 3.00. The first-order valence-corrected chi connectivity index (χ1v) is 6.91. The molecule has 2 N–H and O–H groups in total. The van der Waals surface area contributed by atoms with E-state index in [9.17, 15) is 0 Å². The highest BCUT2D eigenvalue weighted by Crippen LogP contribution is 2.15. The molecule has 1 aromatic heterocycles. The van der Waals surface area contributed by atoms with Gasteiger partial charge in [-0.25, -0.2) is 4.98 Å². The molecule has 1 aromatic carbocycles. The van der Waals surface area contributed by atoms with Crippen LogP contribution in [0.2, 0.25) is 0 Å². The molecule has 2 aromatic rings. The van der Waals surface area contributed by atoms with Crippen molar-refractivity contribution < 1.29 is 4.74 Å². The summed E-state index contributed by atoms with van der Waals surface area (Å²) in [5, 5.41) is 6.48. The zero-order chi connectivity index (χ0) is 13.6. The van der Waals surface area contributed by atoms with E-state index in [0.29, 0.717) is 12.1 Å². The number of para-hydroxylation sites is 1. The van der Waals surface area contributed by atoms with Gasteiger partial charge in [-0.1, -0.05) is 18.2 Å². The van der Waals surface area contributed by atoms with Crippen LogP contribution >= 0.6 is 0 Å². The fraction of sp³-hybridized carbons (Fsp3) is 0.333. The number of hydrogen-bond acceptors (Lipinski definition) is 5. The van der Waals surface area contributed by atoms with Crippen LogP contribution in [0.25, 0.3) is 0 Å². The minimum absolute atomic E-state index is 0.301. The van der Waals surface area contributed by atoms with E-state index < -0.39 is 0 Å². The molecule has 1 saturated heterocycles. The van der Waals surface area contributed by atoms with Crippen molar-refractivity contribution in [2.24, 2.45) is 0 Å². The summed E-state index contributed by atoms with van der Waals surface area (Å²) in [5.74, 6) is 1.41. The van der Waals surface area contributed by atoms with Gasteiger partial charge in [0.05, 0.1) is 6.10 Å². The van der Waals surface area contributed by atoms with Crippen molar-refractivity contribution in [2.45, 2.75) is 18.9 Å². The first kappa shape index (κ1) is 12.9. The Balaban J connectivity index is 1.60. The van der Waals surface area contributed by atoms with E-state index in [1.165, 1.54) is 0 Å². The number of nitrogens with one attached hydrogen (secondary N) is 2. The maximum Gasteiger partial charge on any atom is 0.229 e. The fourth-order valence-corrected chi connectivity index (χ4v) is 2.19. The van der Waals surface area contributed by atoms with E-state index in [-0.39, 0.29) is 0 Å². The number of rotatable bonds is 5. The minimum atomic E-state index is 0.301. The third-order valence-corrected chi connectivity index (χ3v) is 3.22. The highest BCUT2D eigenvalue weighted by molar-refractivity contribution is 5.54. The number of nitrogens with zero attached hydrogens (tertiary/aromatic N) is 2. The molecule has 104 valence electrons. The summed E-state index contributed by atoms with van der Waals surface area (Å²) in [4.78, 5) is 8.66. The third-order valence-electron chi connectivity index (χ3n) is 3.22. The zero-order valence-corrected chi connectivity index (χ0v) is 11.2. The van der Waals surface area contributed by atoms with Gasteiger partial charge in [0.1, 0.15) is 5.82 Å². The summed E-state index contributed by atoms with van der Waals surface area (Å²) < 4.78 is 5.58. The molecule has 3 rings (SSSR count). The van der Waals surface area contributed by atoms with E-state index in [1.807, 2.05) is 36.4 Å². The summed E-state index contributed by atoms with van der Waals surface area (Å²) in [7, 11) is 0. The van der Waals surface area contributed by atoms with Crippen molar-refractivity contribution in [2.75, 3.05) is 23.8 Å². The predicted octanol–water partition coefficient (Wildman–Crippen LogP) is 2.81. The quantitative estimate of drug-likeness (QED) is 0.875. The third kappa shape index (κ3) is 3.45. The van der Waals surface area contributed by atoms with E-state index >= 15 is 0 Å². The molecule has 0 amide bonds. The molecule has 5 nitrogen and oxygen atoms in total. The molecule has 0 saturated carbocycles.